The van der Waals surface area contributed by atoms with Crippen molar-refractivity contribution in [3.8, 4) is 5.75 Å². The largest absolute Gasteiger partial charge is 0.506 e. The molecule has 1 aromatic carbocycles. The van der Waals surface area contributed by atoms with E-state index in [0.717, 1.165) is 11.6 Å². The van der Waals surface area contributed by atoms with E-state index >= 15 is 0 Å². The molecule has 9 nitrogen and oxygen atoms in total. The highest BCUT2D eigenvalue weighted by atomic mass is 16.6. The van der Waals surface area contributed by atoms with E-state index in [1.165, 1.54) is 12.1 Å². The van der Waals surface area contributed by atoms with E-state index in [1.54, 1.807) is 24.5 Å². The number of H-pyrrole nitrogens is 1. The fraction of sp³-hybridized carbons (Fsp3) is 0.0625. The zero-order chi connectivity index (χ0) is 18.0. The average molecular weight is 340 g/mol. The molecular weight excluding hydrogens is 328 g/mol. The van der Waals surface area contributed by atoms with E-state index in [9.17, 15) is 24.8 Å². The zero-order valence-electron chi connectivity index (χ0n) is 12.7. The van der Waals surface area contributed by atoms with E-state index in [4.69, 9.17) is 0 Å². The number of aromatic hydroxyl groups is 1. The van der Waals surface area contributed by atoms with Crippen molar-refractivity contribution in [1.29, 1.82) is 0 Å². The lowest BCUT2D eigenvalue weighted by Crippen LogP contribution is -2.29. The van der Waals surface area contributed by atoms with Crippen molar-refractivity contribution in [1.82, 2.24) is 15.3 Å². The van der Waals surface area contributed by atoms with Gasteiger partial charge >= 0.3 is 0 Å². The Morgan fingerprint density at radius 3 is 2.68 bits per heavy atom. The Balaban J connectivity index is 1.96. The molecule has 0 saturated heterocycles. The number of rotatable bonds is 4. The van der Waals surface area contributed by atoms with Gasteiger partial charge in [0.05, 0.1) is 10.4 Å². The summed E-state index contributed by atoms with van der Waals surface area (Å²) >= 11 is 0. The molecule has 0 unspecified atom stereocenters. The maximum atomic E-state index is 12.3. The van der Waals surface area contributed by atoms with Gasteiger partial charge in [0.2, 0.25) is 0 Å². The van der Waals surface area contributed by atoms with Gasteiger partial charge in [-0.15, -0.1) is 0 Å². The van der Waals surface area contributed by atoms with Gasteiger partial charge in [-0.05, 0) is 23.8 Å². The predicted molar refractivity (Wildman–Crippen MR) is 88.3 cm³/mol. The second-order valence-electron chi connectivity index (χ2n) is 5.20. The second-order valence-corrected chi connectivity index (χ2v) is 5.20. The number of nitro benzene ring substituents is 1. The molecule has 3 N–H and O–H groups in total. The minimum atomic E-state index is -0.835. The number of pyridine rings is 2. The molecule has 3 aromatic rings. The number of aromatic amines is 1. The summed E-state index contributed by atoms with van der Waals surface area (Å²) in [7, 11) is 0. The number of benzene rings is 1. The Bertz CT molecular complexity index is 1030. The van der Waals surface area contributed by atoms with Crippen LogP contribution < -0.4 is 10.9 Å². The number of non-ortho nitro benzene ring substituents is 1. The van der Waals surface area contributed by atoms with Crippen LogP contribution >= 0.6 is 0 Å². The number of nitrogens with one attached hydrogen (secondary N) is 2. The van der Waals surface area contributed by atoms with E-state index in [-0.39, 0.29) is 23.1 Å². The number of nitrogens with zero attached hydrogens (tertiary/aromatic N) is 2. The first-order chi connectivity index (χ1) is 12.0. The summed E-state index contributed by atoms with van der Waals surface area (Å²) < 4.78 is 0. The summed E-state index contributed by atoms with van der Waals surface area (Å²) in [6.45, 7) is 0.151. The lowest BCUT2D eigenvalue weighted by molar-refractivity contribution is -0.384. The van der Waals surface area contributed by atoms with Gasteiger partial charge in [0.1, 0.15) is 11.3 Å². The van der Waals surface area contributed by atoms with Crippen molar-refractivity contribution in [3.05, 3.63) is 74.3 Å². The van der Waals surface area contributed by atoms with Gasteiger partial charge < -0.3 is 15.4 Å². The van der Waals surface area contributed by atoms with E-state index in [2.05, 4.69) is 15.3 Å². The molecular formula is C16H12N4O5. The normalized spacial score (nSPS) is 10.6. The van der Waals surface area contributed by atoms with Crippen LogP contribution in [0.25, 0.3) is 10.9 Å². The van der Waals surface area contributed by atoms with Crippen LogP contribution in [0.3, 0.4) is 0 Å². The zero-order valence-corrected chi connectivity index (χ0v) is 12.7. The molecule has 1 amide bonds. The highest BCUT2D eigenvalue weighted by Gasteiger charge is 2.20. The first kappa shape index (κ1) is 16.1. The van der Waals surface area contributed by atoms with E-state index in [0.29, 0.717) is 0 Å². The SMILES string of the molecule is O=C(NCc1ccncc1)c1c(O)c2ccc([N+](=O)[O-])cc2[nH]c1=O. The maximum Gasteiger partial charge on any atom is 0.271 e. The van der Waals surface area contributed by atoms with Gasteiger partial charge in [0.25, 0.3) is 17.2 Å². The van der Waals surface area contributed by atoms with Crippen molar-refractivity contribution in [2.45, 2.75) is 6.54 Å². The average Bonchev–Trinajstić information content (AvgIpc) is 2.60. The van der Waals surface area contributed by atoms with Crippen LogP contribution in [0.5, 0.6) is 5.75 Å². The van der Waals surface area contributed by atoms with E-state index < -0.39 is 27.7 Å². The van der Waals surface area contributed by atoms with Crippen LogP contribution in [-0.2, 0) is 6.54 Å². The van der Waals surface area contributed by atoms with Crippen molar-refractivity contribution in [2.24, 2.45) is 0 Å². The minimum absolute atomic E-state index is 0.0717. The maximum absolute atomic E-state index is 12.3. The third kappa shape index (κ3) is 3.15. The first-order valence-corrected chi connectivity index (χ1v) is 7.18. The highest BCUT2D eigenvalue weighted by Crippen LogP contribution is 2.27. The van der Waals surface area contributed by atoms with E-state index in [1.807, 2.05) is 0 Å². The summed E-state index contributed by atoms with van der Waals surface area (Å²) in [5, 5.41) is 23.7. The van der Waals surface area contributed by atoms with Gasteiger partial charge in [-0.1, -0.05) is 0 Å². The van der Waals surface area contributed by atoms with Crippen molar-refractivity contribution in [3.63, 3.8) is 0 Å². The molecule has 0 bridgehead atoms. The predicted octanol–water partition coefficient (Wildman–Crippen LogP) is 1.47. The topological polar surface area (TPSA) is 138 Å². The van der Waals surface area contributed by atoms with Crippen LogP contribution in [0.2, 0.25) is 0 Å². The molecule has 2 aromatic heterocycles. The smallest absolute Gasteiger partial charge is 0.271 e. The molecule has 0 aliphatic heterocycles. The van der Waals surface area contributed by atoms with Crippen molar-refractivity contribution < 1.29 is 14.8 Å². The molecule has 25 heavy (non-hydrogen) atoms. The summed E-state index contributed by atoms with van der Waals surface area (Å²) in [6, 6.07) is 6.97. The van der Waals surface area contributed by atoms with Crippen LogP contribution in [0.15, 0.2) is 47.5 Å². The summed E-state index contributed by atoms with van der Waals surface area (Å²) in [5.41, 5.74) is -0.677. The monoisotopic (exact) mass is 340 g/mol. The van der Waals surface area contributed by atoms with Gasteiger partial charge in [0.15, 0.2) is 0 Å². The number of hydrogen-bond acceptors (Lipinski definition) is 6. The third-order valence-corrected chi connectivity index (χ3v) is 3.61. The highest BCUT2D eigenvalue weighted by molar-refractivity contribution is 6.02. The molecule has 9 heteroatoms. The lowest BCUT2D eigenvalue weighted by atomic mass is 10.1. The Morgan fingerprint density at radius 1 is 1.28 bits per heavy atom. The van der Waals surface area contributed by atoms with Crippen molar-refractivity contribution >= 4 is 22.5 Å². The number of aromatic nitrogens is 2. The van der Waals surface area contributed by atoms with Gasteiger partial charge in [-0.3, -0.25) is 24.7 Å². The quantitative estimate of drug-likeness (QED) is 0.485. The van der Waals surface area contributed by atoms with Gasteiger partial charge in [-0.25, -0.2) is 0 Å². The van der Waals surface area contributed by atoms with Gasteiger partial charge in [0, 0.05) is 36.5 Å². The Labute approximate surface area is 140 Å². The summed E-state index contributed by atoms with van der Waals surface area (Å²) in [6.07, 6.45) is 3.13. The number of amides is 1. The molecule has 0 saturated carbocycles. The van der Waals surface area contributed by atoms with Crippen LogP contribution in [0, 0.1) is 10.1 Å². The number of nitro groups is 1. The molecule has 0 fully saturated rings. The minimum Gasteiger partial charge on any atom is -0.506 e. The molecule has 3 rings (SSSR count). The van der Waals surface area contributed by atoms with Crippen LogP contribution in [0.1, 0.15) is 15.9 Å². The van der Waals surface area contributed by atoms with Crippen LogP contribution in [-0.4, -0.2) is 25.9 Å². The van der Waals surface area contributed by atoms with Crippen molar-refractivity contribution in [2.75, 3.05) is 0 Å². The molecule has 0 aliphatic carbocycles. The first-order valence-electron chi connectivity index (χ1n) is 7.18. The van der Waals surface area contributed by atoms with Crippen LogP contribution in [0.4, 0.5) is 5.69 Å². The Kier molecular flexibility index (Phi) is 4.12. The molecule has 2 heterocycles. The fourth-order valence-corrected chi connectivity index (χ4v) is 2.36. The fourth-order valence-electron chi connectivity index (χ4n) is 2.36. The standard InChI is InChI=1S/C16H12N4O5/c21-14-11-2-1-10(20(24)25)7-12(11)19-16(23)13(14)15(22)18-8-9-3-5-17-6-4-9/h1-7H,8H2,(H,18,22)(H2,19,21,23). The molecule has 0 aliphatic rings. The van der Waals surface area contributed by atoms with Gasteiger partial charge in [-0.2, -0.15) is 0 Å². The molecule has 126 valence electrons. The number of carbonyl (C=O) groups excluding carboxylic acids is 1. The number of fused-ring (bicyclic) bond motifs is 1. The Hall–Kier alpha value is -3.75. The number of hydrogen-bond donors (Lipinski definition) is 3. The third-order valence-electron chi connectivity index (χ3n) is 3.61. The second kappa shape index (κ2) is 6.40. The molecule has 0 spiro atoms. The summed E-state index contributed by atoms with van der Waals surface area (Å²) in [5.74, 6) is -1.28. The molecule has 0 radical (unpaired) electrons. The number of carbonyl (C=O) groups is 1. The summed E-state index contributed by atoms with van der Waals surface area (Å²) in [4.78, 5) is 40.8. The lowest BCUT2D eigenvalue weighted by Gasteiger charge is -2.08. The Morgan fingerprint density at radius 2 is 2.00 bits per heavy atom. The molecule has 0 atom stereocenters.